The summed E-state index contributed by atoms with van der Waals surface area (Å²) in [5.74, 6) is -0.820. The number of hydrogen-bond acceptors (Lipinski definition) is 4. The van der Waals surface area contributed by atoms with Crippen molar-refractivity contribution in [1.82, 2.24) is 4.98 Å². The molecular weight excluding hydrogens is 361 g/mol. The van der Waals surface area contributed by atoms with Crippen LogP contribution >= 0.6 is 15.9 Å². The fourth-order valence-electron chi connectivity index (χ4n) is 1.80. The number of sulfonamides is 1. The highest BCUT2D eigenvalue weighted by Gasteiger charge is 2.22. The Morgan fingerprint density at radius 3 is 2.57 bits per heavy atom. The van der Waals surface area contributed by atoms with Gasteiger partial charge in [0.1, 0.15) is 15.3 Å². The van der Waals surface area contributed by atoms with Crippen molar-refractivity contribution in [3.63, 3.8) is 0 Å². The van der Waals surface area contributed by atoms with Crippen LogP contribution in [0, 0.1) is 19.7 Å². The van der Waals surface area contributed by atoms with Gasteiger partial charge in [-0.1, -0.05) is 0 Å². The van der Waals surface area contributed by atoms with Gasteiger partial charge in [0.25, 0.3) is 10.0 Å². The maximum Gasteiger partial charge on any atom is 0.264 e. The number of hydrogen-bond donors (Lipinski definition) is 2. The highest BCUT2D eigenvalue weighted by Crippen LogP contribution is 2.25. The van der Waals surface area contributed by atoms with Gasteiger partial charge < -0.3 is 5.73 Å². The van der Waals surface area contributed by atoms with Gasteiger partial charge in [-0.2, -0.15) is 0 Å². The number of rotatable bonds is 3. The first-order chi connectivity index (χ1) is 9.70. The summed E-state index contributed by atoms with van der Waals surface area (Å²) in [7, 11) is -4.08. The van der Waals surface area contributed by atoms with Crippen molar-refractivity contribution in [3.8, 4) is 0 Å². The summed E-state index contributed by atoms with van der Waals surface area (Å²) in [4.78, 5) is 3.60. The van der Waals surface area contributed by atoms with E-state index >= 15 is 0 Å². The second-order valence-corrected chi connectivity index (χ2v) is 6.99. The van der Waals surface area contributed by atoms with Gasteiger partial charge in [0, 0.05) is 5.69 Å². The number of anilines is 2. The molecule has 1 aromatic carbocycles. The zero-order chi connectivity index (χ0) is 15.8. The molecule has 0 bridgehead atoms. The van der Waals surface area contributed by atoms with Crippen LogP contribution in [0.25, 0.3) is 0 Å². The molecule has 112 valence electrons. The third kappa shape index (κ3) is 3.33. The van der Waals surface area contributed by atoms with E-state index in [4.69, 9.17) is 5.73 Å². The Morgan fingerprint density at radius 2 is 1.95 bits per heavy atom. The molecule has 0 aliphatic carbocycles. The third-order valence-electron chi connectivity index (χ3n) is 2.83. The number of pyridine rings is 1. The second kappa shape index (κ2) is 5.61. The van der Waals surface area contributed by atoms with E-state index in [1.807, 2.05) is 0 Å². The molecule has 21 heavy (non-hydrogen) atoms. The standard InChI is InChI=1S/C13H13BrFN3O2S/c1-7-5-9(16)6-11(13(7)15)21(19,20)18-10-3-4-12(14)17-8(10)2/h3-6,18H,16H2,1-2H3. The van der Waals surface area contributed by atoms with Crippen molar-refractivity contribution in [2.45, 2.75) is 18.7 Å². The van der Waals surface area contributed by atoms with Gasteiger partial charge in [-0.15, -0.1) is 0 Å². The molecule has 1 heterocycles. The second-order valence-electron chi connectivity index (χ2n) is 4.52. The summed E-state index contributed by atoms with van der Waals surface area (Å²) in [5, 5.41) is 0. The number of aromatic nitrogens is 1. The molecule has 0 unspecified atom stereocenters. The van der Waals surface area contributed by atoms with E-state index in [-0.39, 0.29) is 16.9 Å². The number of benzene rings is 1. The first-order valence-corrected chi connectivity index (χ1v) is 8.20. The topological polar surface area (TPSA) is 85.1 Å². The van der Waals surface area contributed by atoms with Crippen molar-refractivity contribution < 1.29 is 12.8 Å². The van der Waals surface area contributed by atoms with E-state index in [0.717, 1.165) is 6.07 Å². The summed E-state index contributed by atoms with van der Waals surface area (Å²) in [6.07, 6.45) is 0. The van der Waals surface area contributed by atoms with Gasteiger partial charge in [0.2, 0.25) is 0 Å². The third-order valence-corrected chi connectivity index (χ3v) is 4.64. The van der Waals surface area contributed by atoms with Crippen LogP contribution in [0.5, 0.6) is 0 Å². The van der Waals surface area contributed by atoms with E-state index in [2.05, 4.69) is 25.6 Å². The molecule has 0 saturated heterocycles. The molecule has 3 N–H and O–H groups in total. The fraction of sp³-hybridized carbons (Fsp3) is 0.154. The minimum atomic E-state index is -4.08. The lowest BCUT2D eigenvalue weighted by Gasteiger charge is -2.12. The van der Waals surface area contributed by atoms with Crippen molar-refractivity contribution in [2.24, 2.45) is 0 Å². The van der Waals surface area contributed by atoms with Gasteiger partial charge in [0.15, 0.2) is 0 Å². The molecule has 0 saturated carbocycles. The molecule has 1 aromatic heterocycles. The van der Waals surface area contributed by atoms with Crippen LogP contribution in [-0.2, 0) is 10.0 Å². The zero-order valence-electron chi connectivity index (χ0n) is 11.3. The largest absolute Gasteiger partial charge is 0.399 e. The number of halogens is 2. The van der Waals surface area contributed by atoms with Crippen LogP contribution in [0.3, 0.4) is 0 Å². The monoisotopic (exact) mass is 373 g/mol. The van der Waals surface area contributed by atoms with Crippen LogP contribution in [0.2, 0.25) is 0 Å². The van der Waals surface area contributed by atoms with E-state index < -0.39 is 20.7 Å². The summed E-state index contributed by atoms with van der Waals surface area (Å²) in [6.45, 7) is 3.10. The van der Waals surface area contributed by atoms with E-state index in [1.54, 1.807) is 19.1 Å². The van der Waals surface area contributed by atoms with Crippen molar-refractivity contribution in [2.75, 3.05) is 10.5 Å². The highest BCUT2D eigenvalue weighted by atomic mass is 79.9. The maximum atomic E-state index is 14.0. The first kappa shape index (κ1) is 15.7. The van der Waals surface area contributed by atoms with E-state index in [9.17, 15) is 12.8 Å². The molecule has 0 aliphatic heterocycles. The molecule has 0 radical (unpaired) electrons. The average molecular weight is 374 g/mol. The summed E-state index contributed by atoms with van der Waals surface area (Å²) < 4.78 is 41.6. The number of nitrogen functional groups attached to an aromatic ring is 1. The predicted molar refractivity (Wildman–Crippen MR) is 83.0 cm³/mol. The lowest BCUT2D eigenvalue weighted by molar-refractivity contribution is 0.565. The maximum absolute atomic E-state index is 14.0. The number of nitrogens with one attached hydrogen (secondary N) is 1. The molecule has 5 nitrogen and oxygen atoms in total. The molecule has 0 atom stereocenters. The molecule has 0 amide bonds. The Balaban J connectivity index is 2.48. The van der Waals surface area contributed by atoms with Gasteiger partial charge in [0.05, 0.1) is 11.4 Å². The Kier molecular flexibility index (Phi) is 4.20. The Hall–Kier alpha value is -1.67. The van der Waals surface area contributed by atoms with Crippen LogP contribution in [-0.4, -0.2) is 13.4 Å². The quantitative estimate of drug-likeness (QED) is 0.639. The fourth-order valence-corrected chi connectivity index (χ4v) is 3.50. The molecule has 0 fully saturated rings. The minimum absolute atomic E-state index is 0.168. The van der Waals surface area contributed by atoms with E-state index in [1.165, 1.54) is 13.0 Å². The predicted octanol–water partition coefficient (Wildman–Crippen LogP) is 2.98. The number of aryl methyl sites for hydroxylation is 2. The minimum Gasteiger partial charge on any atom is -0.399 e. The smallest absolute Gasteiger partial charge is 0.264 e. The summed E-state index contributed by atoms with van der Waals surface area (Å²) >= 11 is 3.19. The Morgan fingerprint density at radius 1 is 1.29 bits per heavy atom. The molecule has 8 heteroatoms. The SMILES string of the molecule is Cc1cc(N)cc(S(=O)(=O)Nc2ccc(Br)nc2C)c1F. The van der Waals surface area contributed by atoms with Crippen LogP contribution in [0.15, 0.2) is 33.8 Å². The van der Waals surface area contributed by atoms with Crippen LogP contribution in [0.4, 0.5) is 15.8 Å². The van der Waals surface area contributed by atoms with Crippen molar-refractivity contribution >= 4 is 37.3 Å². The van der Waals surface area contributed by atoms with Gasteiger partial charge >= 0.3 is 0 Å². The molecule has 0 spiro atoms. The summed E-state index contributed by atoms with van der Waals surface area (Å²) in [5.41, 5.74) is 6.68. The van der Waals surface area contributed by atoms with Crippen molar-refractivity contribution in [1.29, 1.82) is 0 Å². The van der Waals surface area contributed by atoms with E-state index in [0.29, 0.717) is 10.3 Å². The molecule has 0 aliphatic rings. The highest BCUT2D eigenvalue weighted by molar-refractivity contribution is 9.10. The normalized spacial score (nSPS) is 11.4. The van der Waals surface area contributed by atoms with Crippen LogP contribution < -0.4 is 10.5 Å². The van der Waals surface area contributed by atoms with Crippen molar-refractivity contribution in [3.05, 3.63) is 45.9 Å². The zero-order valence-corrected chi connectivity index (χ0v) is 13.7. The summed E-state index contributed by atoms with van der Waals surface area (Å²) in [6, 6.07) is 5.60. The average Bonchev–Trinajstić information content (AvgIpc) is 2.37. The van der Waals surface area contributed by atoms with Gasteiger partial charge in [-0.05, 0) is 59.6 Å². The molecular formula is C13H13BrFN3O2S. The molecule has 2 aromatic rings. The van der Waals surface area contributed by atoms with Gasteiger partial charge in [-0.25, -0.2) is 17.8 Å². The molecule has 2 rings (SSSR count). The lowest BCUT2D eigenvalue weighted by Crippen LogP contribution is -2.16. The first-order valence-electron chi connectivity index (χ1n) is 5.92. The number of nitrogens with zero attached hydrogens (tertiary/aromatic N) is 1. The Bertz CT molecular complexity index is 809. The van der Waals surface area contributed by atoms with Crippen LogP contribution in [0.1, 0.15) is 11.3 Å². The number of nitrogens with two attached hydrogens (primary N) is 1. The van der Waals surface area contributed by atoms with Gasteiger partial charge in [-0.3, -0.25) is 4.72 Å². The Labute approximate surface area is 130 Å². The lowest BCUT2D eigenvalue weighted by atomic mass is 10.2.